The van der Waals surface area contributed by atoms with Crippen molar-refractivity contribution < 1.29 is 10.2 Å². The zero-order valence-corrected chi connectivity index (χ0v) is 12.0. The van der Waals surface area contributed by atoms with E-state index >= 15 is 0 Å². The summed E-state index contributed by atoms with van der Waals surface area (Å²) < 4.78 is 0. The molecule has 0 atom stereocenters. The average Bonchev–Trinajstić information content (AvgIpc) is 2.42. The molecule has 0 amide bonds. The van der Waals surface area contributed by atoms with Crippen LogP contribution in [0.1, 0.15) is 46.0 Å². The van der Waals surface area contributed by atoms with E-state index in [0.29, 0.717) is 11.5 Å². The molecule has 19 heavy (non-hydrogen) atoms. The minimum Gasteiger partial charge on any atom is -0.508 e. The maximum atomic E-state index is 9.41. The molecule has 2 heteroatoms. The van der Waals surface area contributed by atoms with E-state index in [4.69, 9.17) is 0 Å². The molecule has 0 aliphatic carbocycles. The minimum atomic E-state index is 0.294. The molecule has 0 saturated heterocycles. The lowest BCUT2D eigenvalue weighted by molar-refractivity contribution is 0.431. The van der Waals surface area contributed by atoms with Crippen molar-refractivity contribution in [2.45, 2.75) is 46.0 Å². The van der Waals surface area contributed by atoms with E-state index in [1.165, 1.54) is 0 Å². The van der Waals surface area contributed by atoms with Crippen molar-refractivity contribution in [3.8, 4) is 0 Å². The molecular formula is C17H26O2. The van der Waals surface area contributed by atoms with E-state index in [1.807, 2.05) is 38.2 Å². The molecule has 106 valence electrons. The van der Waals surface area contributed by atoms with Crippen molar-refractivity contribution in [1.82, 2.24) is 0 Å². The normalized spacial score (nSPS) is 14.2. The van der Waals surface area contributed by atoms with Gasteiger partial charge in [0.1, 0.15) is 11.5 Å². The summed E-state index contributed by atoms with van der Waals surface area (Å²) in [6.07, 6.45) is 19.9. The maximum absolute atomic E-state index is 9.41. The molecule has 0 radical (unpaired) electrons. The van der Waals surface area contributed by atoms with Gasteiger partial charge in [-0.25, -0.2) is 0 Å². The lowest BCUT2D eigenvalue weighted by Crippen LogP contribution is -1.77. The molecule has 0 rings (SSSR count). The molecule has 0 fully saturated rings. The third-order valence-corrected chi connectivity index (χ3v) is 2.57. The Bertz CT molecular complexity index is 357. The van der Waals surface area contributed by atoms with E-state index in [2.05, 4.69) is 0 Å². The third kappa shape index (κ3) is 12.5. The van der Waals surface area contributed by atoms with Gasteiger partial charge in [0, 0.05) is 0 Å². The molecule has 2 nitrogen and oxygen atoms in total. The van der Waals surface area contributed by atoms with Gasteiger partial charge in [-0.1, -0.05) is 30.7 Å². The number of aliphatic hydroxyl groups is 2. The highest BCUT2D eigenvalue weighted by Crippen LogP contribution is 2.06. The Hall–Kier alpha value is -1.70. The topological polar surface area (TPSA) is 40.5 Å². The maximum Gasteiger partial charge on any atom is 0.115 e. The van der Waals surface area contributed by atoms with Crippen LogP contribution in [0.25, 0.3) is 0 Å². The van der Waals surface area contributed by atoms with E-state index in [9.17, 15) is 10.2 Å². The molecule has 0 saturated carbocycles. The van der Waals surface area contributed by atoms with Crippen LogP contribution >= 0.6 is 0 Å². The van der Waals surface area contributed by atoms with Crippen LogP contribution < -0.4 is 0 Å². The number of hydrogen-bond acceptors (Lipinski definition) is 2. The summed E-state index contributed by atoms with van der Waals surface area (Å²) in [5, 5.41) is 18.6. The fourth-order valence-electron chi connectivity index (χ4n) is 1.46. The molecule has 0 aromatic rings. The SMILES string of the molecule is CC=CC=C(O)C=CCCCCCC=CC(O)=CC. The van der Waals surface area contributed by atoms with Crippen LogP contribution in [0.2, 0.25) is 0 Å². The number of aliphatic hydroxyl groups excluding tert-OH is 2. The highest BCUT2D eigenvalue weighted by Gasteiger charge is 1.87. The summed E-state index contributed by atoms with van der Waals surface area (Å²) in [5.74, 6) is 0.620. The van der Waals surface area contributed by atoms with Crippen molar-refractivity contribution >= 4 is 0 Å². The molecule has 0 heterocycles. The molecule has 0 unspecified atom stereocenters. The second-order valence-electron chi connectivity index (χ2n) is 4.27. The Morgan fingerprint density at radius 1 is 0.842 bits per heavy atom. The first-order valence-corrected chi connectivity index (χ1v) is 6.91. The van der Waals surface area contributed by atoms with Gasteiger partial charge in [-0.15, -0.1) is 0 Å². The van der Waals surface area contributed by atoms with Crippen LogP contribution in [-0.4, -0.2) is 10.2 Å². The fourth-order valence-corrected chi connectivity index (χ4v) is 1.46. The summed E-state index contributed by atoms with van der Waals surface area (Å²) in [7, 11) is 0. The predicted octanol–water partition coefficient (Wildman–Crippen LogP) is 5.53. The number of hydrogen-bond donors (Lipinski definition) is 2. The lowest BCUT2D eigenvalue weighted by atomic mass is 10.1. The average molecular weight is 262 g/mol. The minimum absolute atomic E-state index is 0.294. The largest absolute Gasteiger partial charge is 0.508 e. The molecule has 0 aromatic carbocycles. The first-order valence-electron chi connectivity index (χ1n) is 6.91. The van der Waals surface area contributed by atoms with Crippen LogP contribution in [0.3, 0.4) is 0 Å². The first-order chi connectivity index (χ1) is 9.20. The molecule has 0 aliphatic heterocycles. The molecular weight excluding hydrogens is 236 g/mol. The third-order valence-electron chi connectivity index (χ3n) is 2.57. The van der Waals surface area contributed by atoms with Gasteiger partial charge in [0.05, 0.1) is 0 Å². The second-order valence-corrected chi connectivity index (χ2v) is 4.27. The zero-order valence-electron chi connectivity index (χ0n) is 12.0. The Morgan fingerprint density at radius 3 is 1.95 bits per heavy atom. The lowest BCUT2D eigenvalue weighted by Gasteiger charge is -1.95. The summed E-state index contributed by atoms with van der Waals surface area (Å²) in [4.78, 5) is 0. The Balaban J connectivity index is 3.56. The van der Waals surface area contributed by atoms with Crippen molar-refractivity contribution in [1.29, 1.82) is 0 Å². The second kappa shape index (κ2) is 12.7. The summed E-state index contributed by atoms with van der Waals surface area (Å²) in [5.41, 5.74) is 0. The van der Waals surface area contributed by atoms with Crippen molar-refractivity contribution in [2.24, 2.45) is 0 Å². The van der Waals surface area contributed by atoms with Crippen molar-refractivity contribution in [3.05, 3.63) is 60.1 Å². The molecule has 0 aromatic heterocycles. The summed E-state index contributed by atoms with van der Waals surface area (Å²) in [6, 6.07) is 0. The predicted molar refractivity (Wildman–Crippen MR) is 83.3 cm³/mol. The van der Waals surface area contributed by atoms with Crippen LogP contribution in [0, 0.1) is 0 Å². The molecule has 2 N–H and O–H groups in total. The number of allylic oxidation sites excluding steroid dienone is 8. The van der Waals surface area contributed by atoms with E-state index < -0.39 is 0 Å². The highest BCUT2D eigenvalue weighted by molar-refractivity contribution is 5.16. The first kappa shape index (κ1) is 17.3. The highest BCUT2D eigenvalue weighted by atomic mass is 16.3. The van der Waals surface area contributed by atoms with E-state index in [0.717, 1.165) is 32.1 Å². The summed E-state index contributed by atoms with van der Waals surface area (Å²) >= 11 is 0. The number of unbranched alkanes of at least 4 members (excludes halogenated alkanes) is 4. The Kier molecular flexibility index (Phi) is 11.6. The molecule has 0 bridgehead atoms. The Morgan fingerprint density at radius 2 is 1.42 bits per heavy atom. The molecule has 0 spiro atoms. The molecule has 0 aliphatic rings. The van der Waals surface area contributed by atoms with Gasteiger partial charge in [0.25, 0.3) is 0 Å². The van der Waals surface area contributed by atoms with Gasteiger partial charge in [-0.3, -0.25) is 0 Å². The van der Waals surface area contributed by atoms with Gasteiger partial charge in [-0.2, -0.15) is 0 Å². The monoisotopic (exact) mass is 262 g/mol. The van der Waals surface area contributed by atoms with Crippen LogP contribution in [0.15, 0.2) is 60.1 Å². The van der Waals surface area contributed by atoms with Crippen LogP contribution in [0.4, 0.5) is 0 Å². The summed E-state index contributed by atoms with van der Waals surface area (Å²) in [6.45, 7) is 3.73. The smallest absolute Gasteiger partial charge is 0.115 e. The van der Waals surface area contributed by atoms with Crippen LogP contribution in [0.5, 0.6) is 0 Å². The fraction of sp³-hybridized carbons (Fsp3) is 0.412. The van der Waals surface area contributed by atoms with Crippen LogP contribution in [-0.2, 0) is 0 Å². The van der Waals surface area contributed by atoms with Gasteiger partial charge in [-0.05, 0) is 63.8 Å². The van der Waals surface area contributed by atoms with Gasteiger partial charge >= 0.3 is 0 Å². The van der Waals surface area contributed by atoms with Crippen molar-refractivity contribution in [2.75, 3.05) is 0 Å². The van der Waals surface area contributed by atoms with Gasteiger partial charge in [0.15, 0.2) is 0 Å². The quantitative estimate of drug-likeness (QED) is 0.326. The van der Waals surface area contributed by atoms with Gasteiger partial charge < -0.3 is 10.2 Å². The number of rotatable bonds is 9. The Labute approximate surface area is 117 Å². The van der Waals surface area contributed by atoms with E-state index in [-0.39, 0.29) is 0 Å². The van der Waals surface area contributed by atoms with E-state index in [1.54, 1.807) is 24.3 Å². The zero-order chi connectivity index (χ0) is 14.3. The standard InChI is InChI=1S/C17H26O2/c1-3-5-13-17(19)15-12-10-8-6-7-9-11-14-16(18)4-2/h3-5,11-15,18-19H,6-10H2,1-2H3. The van der Waals surface area contributed by atoms with Gasteiger partial charge in [0.2, 0.25) is 0 Å². The van der Waals surface area contributed by atoms with Crippen molar-refractivity contribution in [3.63, 3.8) is 0 Å².